The molecule has 4 rings (SSSR count). The molecule has 0 aromatic heterocycles. The van der Waals surface area contributed by atoms with Crippen LogP contribution in [0.15, 0.2) is 30.3 Å². The molecule has 1 amide bonds. The van der Waals surface area contributed by atoms with Crippen LogP contribution in [0.5, 0.6) is 0 Å². The minimum atomic E-state index is -1.23. The molecule has 1 N–H and O–H groups in total. The van der Waals surface area contributed by atoms with Crippen LogP contribution in [0.1, 0.15) is 36.0 Å². The first-order valence-corrected chi connectivity index (χ1v) is 12.0. The van der Waals surface area contributed by atoms with Crippen LogP contribution in [0.2, 0.25) is 10.0 Å². The van der Waals surface area contributed by atoms with E-state index in [1.165, 1.54) is 18.6 Å². The summed E-state index contributed by atoms with van der Waals surface area (Å²) in [5.41, 5.74) is 1.84. The number of piperidine rings is 1. The largest absolute Gasteiger partial charge is 0.593 e. The third-order valence-corrected chi connectivity index (χ3v) is 7.46. The summed E-state index contributed by atoms with van der Waals surface area (Å²) in [4.78, 5) is 15.2. The van der Waals surface area contributed by atoms with Gasteiger partial charge in [-0.3, -0.25) is 4.79 Å². The smallest absolute Gasteiger partial charge is 0.257 e. The minimum Gasteiger partial charge on any atom is -0.593 e. The molecule has 2 aromatic rings. The fourth-order valence-corrected chi connectivity index (χ4v) is 5.55. The molecule has 0 aliphatic carbocycles. The van der Waals surface area contributed by atoms with E-state index in [1.54, 1.807) is 10.4 Å². The summed E-state index contributed by atoms with van der Waals surface area (Å²) < 4.78 is 28.1. The number of rotatable bonds is 4. The Morgan fingerprint density at radius 3 is 2.47 bits per heavy atom. The van der Waals surface area contributed by atoms with Gasteiger partial charge in [0, 0.05) is 42.0 Å². The minimum absolute atomic E-state index is 0.00457. The van der Waals surface area contributed by atoms with E-state index < -0.39 is 23.1 Å². The van der Waals surface area contributed by atoms with Gasteiger partial charge in [-0.05, 0) is 43.5 Å². The number of amides is 1. The van der Waals surface area contributed by atoms with Crippen LogP contribution in [0.3, 0.4) is 0 Å². The summed E-state index contributed by atoms with van der Waals surface area (Å²) in [5.74, 6) is -0.742. The molecule has 2 aliphatic rings. The SMILES string of the molecule is O=C(Nc1cc(Cl)cc(N2CCCCC2)c1)c1cc(N2CCC[S+]2[O-])cc(F)c1Cl. The number of hydrogen-bond acceptors (Lipinski definition) is 4. The second-order valence-corrected chi connectivity index (χ2v) is 9.78. The van der Waals surface area contributed by atoms with Crippen molar-refractivity contribution < 1.29 is 13.7 Å². The number of benzene rings is 2. The van der Waals surface area contributed by atoms with E-state index in [9.17, 15) is 13.7 Å². The van der Waals surface area contributed by atoms with Gasteiger partial charge < -0.3 is 14.8 Å². The van der Waals surface area contributed by atoms with E-state index in [2.05, 4.69) is 10.2 Å². The molecule has 2 aromatic carbocycles. The van der Waals surface area contributed by atoms with Crippen molar-refractivity contribution in [2.24, 2.45) is 0 Å². The van der Waals surface area contributed by atoms with Gasteiger partial charge in [0.05, 0.1) is 34.2 Å². The van der Waals surface area contributed by atoms with E-state index in [1.807, 2.05) is 12.1 Å². The van der Waals surface area contributed by atoms with Crippen molar-refractivity contribution in [1.82, 2.24) is 0 Å². The molecular formula is C21H22Cl2FN3O2S. The fraction of sp³-hybridized carbons (Fsp3) is 0.381. The first-order chi connectivity index (χ1) is 14.4. The number of carbonyl (C=O) groups excluding carboxylic acids is 1. The zero-order chi connectivity index (χ0) is 21.3. The molecule has 2 heterocycles. The molecule has 2 fully saturated rings. The first kappa shape index (κ1) is 21.6. The highest BCUT2D eigenvalue weighted by Gasteiger charge is 2.29. The maximum Gasteiger partial charge on any atom is 0.257 e. The predicted octanol–water partition coefficient (Wildman–Crippen LogP) is 5.25. The van der Waals surface area contributed by atoms with Gasteiger partial charge >= 0.3 is 0 Å². The lowest BCUT2D eigenvalue weighted by molar-refractivity contribution is 0.102. The van der Waals surface area contributed by atoms with Crippen molar-refractivity contribution in [2.45, 2.75) is 25.7 Å². The van der Waals surface area contributed by atoms with Crippen LogP contribution in [0.25, 0.3) is 0 Å². The average Bonchev–Trinajstić information content (AvgIpc) is 3.16. The summed E-state index contributed by atoms with van der Waals surface area (Å²) >= 11 is 11.1. The molecule has 5 nitrogen and oxygen atoms in total. The first-order valence-electron chi connectivity index (χ1n) is 9.94. The van der Waals surface area contributed by atoms with Gasteiger partial charge in [-0.15, -0.1) is 0 Å². The van der Waals surface area contributed by atoms with Crippen LogP contribution < -0.4 is 14.5 Å². The standard InChI is InChI=1S/C21H22Cl2FN3O2S/c22-14-9-15(11-16(10-14)26-5-2-1-3-6-26)25-21(28)18-12-17(13-19(24)20(18)23)27-7-4-8-30(27)29/h9-13H,1-8H2,(H,25,28). The van der Waals surface area contributed by atoms with Crippen molar-refractivity contribution in [2.75, 3.05) is 39.9 Å². The monoisotopic (exact) mass is 469 g/mol. The molecule has 9 heteroatoms. The predicted molar refractivity (Wildman–Crippen MR) is 122 cm³/mol. The Labute approximate surface area is 188 Å². The second kappa shape index (κ2) is 9.22. The summed E-state index contributed by atoms with van der Waals surface area (Å²) in [5, 5.41) is 3.02. The highest BCUT2D eigenvalue weighted by molar-refractivity contribution is 7.93. The Hall–Kier alpha value is -1.67. The van der Waals surface area contributed by atoms with E-state index >= 15 is 0 Å². The van der Waals surface area contributed by atoms with Gasteiger partial charge in [-0.1, -0.05) is 23.2 Å². The van der Waals surface area contributed by atoms with Crippen molar-refractivity contribution in [3.63, 3.8) is 0 Å². The van der Waals surface area contributed by atoms with E-state index in [4.69, 9.17) is 23.2 Å². The second-order valence-electron chi connectivity index (χ2n) is 7.47. The summed E-state index contributed by atoms with van der Waals surface area (Å²) in [6.07, 6.45) is 4.20. The van der Waals surface area contributed by atoms with Crippen molar-refractivity contribution >= 4 is 57.5 Å². The molecule has 2 aliphatic heterocycles. The van der Waals surface area contributed by atoms with Crippen LogP contribution in [-0.2, 0) is 11.4 Å². The lowest BCUT2D eigenvalue weighted by atomic mass is 10.1. The van der Waals surface area contributed by atoms with Crippen LogP contribution in [0, 0.1) is 5.82 Å². The Morgan fingerprint density at radius 2 is 1.77 bits per heavy atom. The number of anilines is 3. The maximum absolute atomic E-state index is 14.4. The molecule has 1 atom stereocenters. The number of nitrogens with one attached hydrogen (secondary N) is 1. The van der Waals surface area contributed by atoms with E-state index in [0.717, 1.165) is 38.0 Å². The molecule has 2 saturated heterocycles. The summed E-state index contributed by atoms with van der Waals surface area (Å²) in [6, 6.07) is 8.09. The van der Waals surface area contributed by atoms with Gasteiger partial charge in [0.1, 0.15) is 11.6 Å². The van der Waals surface area contributed by atoms with E-state index in [0.29, 0.717) is 28.7 Å². The lowest BCUT2D eigenvalue weighted by Gasteiger charge is -2.29. The molecule has 0 radical (unpaired) electrons. The van der Waals surface area contributed by atoms with Crippen molar-refractivity contribution in [3.05, 3.63) is 51.8 Å². The molecule has 0 spiro atoms. The van der Waals surface area contributed by atoms with Gasteiger partial charge in [0.2, 0.25) is 0 Å². The molecule has 0 saturated carbocycles. The summed E-state index contributed by atoms with van der Waals surface area (Å²) in [6.45, 7) is 2.43. The molecule has 0 bridgehead atoms. The van der Waals surface area contributed by atoms with Gasteiger partial charge in [-0.2, -0.15) is 4.31 Å². The third kappa shape index (κ3) is 4.64. The summed E-state index contributed by atoms with van der Waals surface area (Å²) in [7, 11) is 0. The number of hydrogen-bond donors (Lipinski definition) is 1. The average molecular weight is 470 g/mol. The quantitative estimate of drug-likeness (QED) is 0.621. The Bertz CT molecular complexity index is 956. The number of carbonyl (C=O) groups is 1. The van der Waals surface area contributed by atoms with Crippen LogP contribution >= 0.6 is 23.2 Å². The van der Waals surface area contributed by atoms with Crippen LogP contribution in [-0.4, -0.2) is 35.8 Å². The molecule has 160 valence electrons. The lowest BCUT2D eigenvalue weighted by Crippen LogP contribution is -2.29. The van der Waals surface area contributed by atoms with Gasteiger partial charge in [0.25, 0.3) is 5.91 Å². The molecule has 30 heavy (non-hydrogen) atoms. The van der Waals surface area contributed by atoms with Gasteiger partial charge in [0.15, 0.2) is 0 Å². The third-order valence-electron chi connectivity index (χ3n) is 5.33. The molecule has 1 unspecified atom stereocenters. The Kier molecular flexibility index (Phi) is 6.63. The Balaban J connectivity index is 1.59. The number of halogens is 3. The van der Waals surface area contributed by atoms with Crippen molar-refractivity contribution in [1.29, 1.82) is 0 Å². The Morgan fingerprint density at radius 1 is 1.00 bits per heavy atom. The maximum atomic E-state index is 14.4. The van der Waals surface area contributed by atoms with Crippen molar-refractivity contribution in [3.8, 4) is 0 Å². The van der Waals surface area contributed by atoms with Gasteiger partial charge in [-0.25, -0.2) is 4.39 Å². The zero-order valence-corrected chi connectivity index (χ0v) is 18.6. The van der Waals surface area contributed by atoms with E-state index in [-0.39, 0.29) is 10.6 Å². The molecular weight excluding hydrogens is 448 g/mol. The normalized spacial score (nSPS) is 19.3. The highest BCUT2D eigenvalue weighted by Crippen LogP contribution is 2.32. The zero-order valence-electron chi connectivity index (χ0n) is 16.3. The topological polar surface area (TPSA) is 58.6 Å². The van der Waals surface area contributed by atoms with Crippen LogP contribution in [0.4, 0.5) is 21.5 Å². The highest BCUT2D eigenvalue weighted by atomic mass is 35.5. The number of nitrogens with zero attached hydrogens (tertiary/aromatic N) is 2. The fourth-order valence-electron chi connectivity index (χ4n) is 3.85.